The van der Waals surface area contributed by atoms with E-state index in [0.29, 0.717) is 89.4 Å². The summed E-state index contributed by atoms with van der Waals surface area (Å²) in [5.41, 5.74) is 7.89. The van der Waals surface area contributed by atoms with Crippen molar-refractivity contribution < 1.29 is 58.6 Å². The van der Waals surface area contributed by atoms with Crippen molar-refractivity contribution in [3.8, 4) is 67.5 Å². The zero-order chi connectivity index (χ0) is 57.6. The lowest BCUT2D eigenvalue weighted by Crippen LogP contribution is -2.10. The van der Waals surface area contributed by atoms with E-state index in [4.69, 9.17) is 28.9 Å². The summed E-state index contributed by atoms with van der Waals surface area (Å²) >= 11 is 0. The molecule has 8 bridgehead atoms. The van der Waals surface area contributed by atoms with Crippen LogP contribution in [0.25, 0.3) is 134 Å². The van der Waals surface area contributed by atoms with Crippen LogP contribution in [0.15, 0.2) is 170 Å². The molecule has 16 nitrogen and oxygen atoms in total. The van der Waals surface area contributed by atoms with Crippen molar-refractivity contribution in [2.45, 2.75) is 0 Å². The van der Waals surface area contributed by atoms with Gasteiger partial charge in [0.25, 0.3) is 0 Å². The third-order valence-corrected chi connectivity index (χ3v) is 14.7. The first-order valence-corrected chi connectivity index (χ1v) is 26.6. The van der Waals surface area contributed by atoms with E-state index in [-0.39, 0.29) is 23.0 Å². The van der Waals surface area contributed by atoms with Crippen molar-refractivity contribution >= 4 is 113 Å². The molecule has 0 saturated carbocycles. The first-order valence-electron chi connectivity index (χ1n) is 26.6. The summed E-state index contributed by atoms with van der Waals surface area (Å²) in [6, 6.07) is 52.6. The minimum Gasteiger partial charge on any atom is -0.481 e. The monoisotopic (exact) mass is 1110 g/mol. The largest absolute Gasteiger partial charge is 0.481 e. The number of carbonyl (C=O) groups is 4. The van der Waals surface area contributed by atoms with Crippen LogP contribution in [0.1, 0.15) is 22.8 Å². The molecule has 0 atom stereocenters. The van der Waals surface area contributed by atoms with Crippen LogP contribution < -0.4 is 18.9 Å². The number of nitrogens with zero attached hydrogens (tertiary/aromatic N) is 2. The fraction of sp³-hybridized carbons (Fsp3) is 0.0588. The van der Waals surface area contributed by atoms with Crippen molar-refractivity contribution in [1.82, 2.24) is 19.9 Å². The number of carboxylic acid groups (broad SMARTS) is 4. The van der Waals surface area contributed by atoms with Crippen LogP contribution in [-0.4, -0.2) is 90.7 Å². The number of aromatic nitrogens is 4. The number of aromatic amines is 2. The Morgan fingerprint density at radius 2 is 0.524 bits per heavy atom. The second kappa shape index (κ2) is 21.5. The first-order chi connectivity index (χ1) is 40.9. The molecule has 2 aliphatic rings. The number of hydrogen-bond acceptors (Lipinski definition) is 10. The molecular formula is C68H46N4O12. The highest BCUT2D eigenvalue weighted by molar-refractivity contribution is 6.13. The van der Waals surface area contributed by atoms with E-state index < -0.39 is 50.3 Å². The van der Waals surface area contributed by atoms with Gasteiger partial charge in [0, 0.05) is 66.6 Å². The van der Waals surface area contributed by atoms with Gasteiger partial charge in [0.15, 0.2) is 26.4 Å². The molecule has 3 aromatic heterocycles. The summed E-state index contributed by atoms with van der Waals surface area (Å²) in [4.78, 5) is 67.7. The van der Waals surface area contributed by atoms with Crippen LogP contribution in [-0.2, 0) is 19.2 Å². The molecule has 0 fully saturated rings. The Morgan fingerprint density at radius 3 is 0.750 bits per heavy atom. The van der Waals surface area contributed by atoms with E-state index in [1.807, 2.05) is 170 Å². The summed E-state index contributed by atoms with van der Waals surface area (Å²) in [5.74, 6) is -3.72. The highest BCUT2D eigenvalue weighted by Crippen LogP contribution is 2.49. The Hall–Kier alpha value is -11.5. The molecule has 5 heterocycles. The fourth-order valence-corrected chi connectivity index (χ4v) is 11.3. The molecule has 16 heteroatoms. The van der Waals surface area contributed by atoms with E-state index in [0.717, 1.165) is 43.1 Å². The van der Waals surface area contributed by atoms with Gasteiger partial charge in [-0.15, -0.1) is 0 Å². The molecule has 11 aromatic rings. The first kappa shape index (κ1) is 51.9. The fourth-order valence-electron chi connectivity index (χ4n) is 11.3. The quantitative estimate of drug-likeness (QED) is 0.0527. The van der Waals surface area contributed by atoms with Crippen LogP contribution in [0, 0.1) is 0 Å². The summed E-state index contributed by atoms with van der Waals surface area (Å²) in [6.07, 6.45) is 7.43. The number of hydrogen-bond donors (Lipinski definition) is 6. The van der Waals surface area contributed by atoms with Gasteiger partial charge < -0.3 is 49.3 Å². The minimum absolute atomic E-state index is 0.256. The highest BCUT2D eigenvalue weighted by Gasteiger charge is 2.27. The summed E-state index contributed by atoms with van der Waals surface area (Å²) < 4.78 is 24.7. The number of nitrogens with one attached hydrogen (secondary N) is 2. The molecule has 0 amide bonds. The number of ether oxygens (including phenoxy) is 4. The van der Waals surface area contributed by atoms with Gasteiger partial charge >= 0.3 is 23.9 Å². The molecule has 13 rings (SSSR count). The standard InChI is InChI=1S/C68H46N4O12/c73-57(74)33-81-53-29-17-37-9-1-5-13-41(37)61(53)65-45-21-23-47(69-45)66(62-42-14-6-2-10-38(42)18-30-54(62)82-34-58(75)76)49-25-27-51(71-49)68(64-44-16-8-4-12-40(44)20-32-56(64)84-36-60(79)80)52-28-26-50(72-52)67(48-24-22-46(65)70-48)63-43-15-7-3-11-39(43)19-31-55(63)83-35-59(77)78/h1-32,69,72H,33-36H2,(H,73,74)(H,75,76)(H,77,78)(H,79,80). The number of rotatable bonds is 16. The third-order valence-electron chi connectivity index (χ3n) is 14.7. The van der Waals surface area contributed by atoms with Gasteiger partial charge in [-0.25, -0.2) is 29.1 Å². The second-order valence-corrected chi connectivity index (χ2v) is 19.9. The molecule has 0 unspecified atom stereocenters. The van der Waals surface area contributed by atoms with Crippen molar-refractivity contribution in [3.63, 3.8) is 0 Å². The summed E-state index contributed by atoms with van der Waals surface area (Å²) in [6.45, 7) is -2.63. The van der Waals surface area contributed by atoms with Crippen molar-refractivity contribution in [3.05, 3.63) is 193 Å². The molecule has 410 valence electrons. The maximum absolute atomic E-state index is 12.3. The van der Waals surface area contributed by atoms with Gasteiger partial charge in [-0.05, 0) is 116 Å². The second-order valence-electron chi connectivity index (χ2n) is 19.9. The van der Waals surface area contributed by atoms with E-state index in [2.05, 4.69) is 9.97 Å². The van der Waals surface area contributed by atoms with Gasteiger partial charge in [-0.1, -0.05) is 121 Å². The average molecular weight is 1110 g/mol. The van der Waals surface area contributed by atoms with E-state index in [1.54, 1.807) is 24.3 Å². The zero-order valence-electron chi connectivity index (χ0n) is 44.3. The zero-order valence-corrected chi connectivity index (χ0v) is 44.3. The van der Waals surface area contributed by atoms with Crippen LogP contribution >= 0.6 is 0 Å². The maximum Gasteiger partial charge on any atom is 0.341 e. The van der Waals surface area contributed by atoms with Crippen molar-refractivity contribution in [1.29, 1.82) is 0 Å². The Labute approximate surface area is 476 Å². The van der Waals surface area contributed by atoms with Gasteiger partial charge in [-0.3, -0.25) is 0 Å². The molecule has 0 spiro atoms. The molecule has 2 aliphatic heterocycles. The van der Waals surface area contributed by atoms with Crippen LogP contribution in [0.4, 0.5) is 0 Å². The lowest BCUT2D eigenvalue weighted by Gasteiger charge is -2.16. The van der Waals surface area contributed by atoms with Crippen LogP contribution in [0.3, 0.4) is 0 Å². The summed E-state index contributed by atoms with van der Waals surface area (Å²) in [7, 11) is 0. The third kappa shape index (κ3) is 9.58. The lowest BCUT2D eigenvalue weighted by atomic mass is 9.95. The molecule has 0 aliphatic carbocycles. The average Bonchev–Trinajstić information content (AvgIpc) is 1.97. The maximum atomic E-state index is 12.3. The van der Waals surface area contributed by atoms with Crippen molar-refractivity contribution in [2.75, 3.05) is 26.4 Å². The Bertz CT molecular complexity index is 4250. The lowest BCUT2D eigenvalue weighted by molar-refractivity contribution is -0.140. The molecule has 0 radical (unpaired) electrons. The SMILES string of the molecule is O=C(O)COc1ccc2ccccc2c1-c1c2nc(c(-c3c(OCC(=O)O)ccc4ccccc34)c3ccc([nH]3)c(-c3c(OCC(=O)O)ccc4ccccc34)c3nc(c(-c4c(OCC(=O)O)ccc5ccccc45)c4ccc1[nH]4)C=C3)C=C2. The Kier molecular flexibility index (Phi) is 13.3. The smallest absolute Gasteiger partial charge is 0.341 e. The van der Waals surface area contributed by atoms with Gasteiger partial charge in [-0.2, -0.15) is 0 Å². The molecule has 84 heavy (non-hydrogen) atoms. The number of fused-ring (bicyclic) bond motifs is 12. The molecular weight excluding hydrogens is 1060 g/mol. The predicted octanol–water partition coefficient (Wildman–Crippen LogP) is 13.8. The number of aliphatic carboxylic acids is 4. The Morgan fingerprint density at radius 1 is 0.298 bits per heavy atom. The van der Waals surface area contributed by atoms with Gasteiger partial charge in [0.2, 0.25) is 0 Å². The van der Waals surface area contributed by atoms with E-state index >= 15 is 0 Å². The predicted molar refractivity (Wildman–Crippen MR) is 323 cm³/mol. The number of carboxylic acids is 4. The van der Waals surface area contributed by atoms with Crippen LogP contribution in [0.2, 0.25) is 0 Å². The van der Waals surface area contributed by atoms with Crippen LogP contribution in [0.5, 0.6) is 23.0 Å². The number of H-pyrrole nitrogens is 2. The number of benzene rings is 8. The van der Waals surface area contributed by atoms with E-state index in [9.17, 15) is 39.6 Å². The minimum atomic E-state index is -1.18. The van der Waals surface area contributed by atoms with Crippen molar-refractivity contribution in [2.24, 2.45) is 0 Å². The Balaban J connectivity index is 1.26. The normalized spacial score (nSPS) is 11.8. The molecule has 0 saturated heterocycles. The van der Waals surface area contributed by atoms with Gasteiger partial charge in [0.05, 0.1) is 22.8 Å². The van der Waals surface area contributed by atoms with E-state index in [1.165, 1.54) is 0 Å². The molecule has 6 N–H and O–H groups in total. The highest BCUT2D eigenvalue weighted by atomic mass is 16.5. The topological polar surface area (TPSA) is 243 Å². The summed E-state index contributed by atoms with van der Waals surface area (Å²) in [5, 5.41) is 46.3. The van der Waals surface area contributed by atoms with Gasteiger partial charge in [0.1, 0.15) is 23.0 Å². The molecule has 8 aromatic carbocycles.